The number of pyridine rings is 1. The van der Waals surface area contributed by atoms with Gasteiger partial charge in [0, 0.05) is 49.0 Å². The van der Waals surface area contributed by atoms with E-state index >= 15 is 0 Å². The van der Waals surface area contributed by atoms with Crippen LogP contribution in [0.3, 0.4) is 0 Å². The van der Waals surface area contributed by atoms with E-state index in [1.165, 1.54) is 64.1 Å². The van der Waals surface area contributed by atoms with Gasteiger partial charge in [-0.25, -0.2) is 0 Å². The van der Waals surface area contributed by atoms with Crippen LogP contribution in [0.2, 0.25) is 19.6 Å². The number of furan rings is 1. The fourth-order valence-corrected chi connectivity index (χ4v) is 13.4. The number of benzene rings is 7. The molecule has 0 spiro atoms. The summed E-state index contributed by atoms with van der Waals surface area (Å²) in [7, 11) is -1.63. The van der Waals surface area contributed by atoms with E-state index in [1.807, 2.05) is 11.3 Å². The van der Waals surface area contributed by atoms with Gasteiger partial charge in [-0.15, -0.1) is 11.3 Å². The number of thiophene rings is 1. The second-order valence-electron chi connectivity index (χ2n) is 18.5. The van der Waals surface area contributed by atoms with Crippen LogP contribution in [0.15, 0.2) is 169 Å². The molecule has 0 saturated heterocycles. The third kappa shape index (κ3) is 5.17. The van der Waals surface area contributed by atoms with Gasteiger partial charge in [0.05, 0.1) is 24.8 Å². The second-order valence-corrected chi connectivity index (χ2v) is 24.7. The molecule has 0 fully saturated rings. The molecular formula is C56H45N3OSSi+2. The molecule has 0 amide bonds. The maximum Gasteiger partial charge on any atom is 0.301 e. The smallest absolute Gasteiger partial charge is 0.301 e. The van der Waals surface area contributed by atoms with Crippen molar-refractivity contribution in [3.05, 3.63) is 176 Å². The van der Waals surface area contributed by atoms with Gasteiger partial charge in [-0.2, -0.15) is 13.7 Å². The summed E-state index contributed by atoms with van der Waals surface area (Å²) in [6, 6.07) is 56.7. The van der Waals surface area contributed by atoms with Crippen LogP contribution in [0.5, 0.6) is 0 Å². The van der Waals surface area contributed by atoms with Gasteiger partial charge < -0.3 is 4.42 Å². The molecule has 0 aliphatic carbocycles. The Bertz CT molecular complexity index is 3710. The van der Waals surface area contributed by atoms with E-state index in [0.29, 0.717) is 5.92 Å². The molecule has 298 valence electrons. The molecule has 11 aromatic rings. The molecule has 13 rings (SSSR count). The normalized spacial score (nSPS) is 16.5. The lowest BCUT2D eigenvalue weighted by atomic mass is 9.77. The summed E-state index contributed by atoms with van der Waals surface area (Å²) in [6.07, 6.45) is 5.27. The van der Waals surface area contributed by atoms with Crippen molar-refractivity contribution in [1.82, 2.24) is 4.57 Å². The fraction of sp³-hybridized carbons (Fsp3) is 0.143. The monoisotopic (exact) mass is 835 g/mol. The van der Waals surface area contributed by atoms with E-state index in [0.717, 1.165) is 69.4 Å². The van der Waals surface area contributed by atoms with E-state index in [-0.39, 0.29) is 6.04 Å². The van der Waals surface area contributed by atoms with Gasteiger partial charge >= 0.3 is 5.82 Å². The van der Waals surface area contributed by atoms with Crippen LogP contribution in [-0.4, -0.2) is 12.6 Å². The molecule has 4 nitrogen and oxygen atoms in total. The van der Waals surface area contributed by atoms with Crippen molar-refractivity contribution in [1.29, 1.82) is 0 Å². The van der Waals surface area contributed by atoms with Gasteiger partial charge in [0.15, 0.2) is 34.5 Å². The largest absolute Gasteiger partial charge is 0.452 e. The average Bonchev–Trinajstić information content (AvgIpc) is 3.97. The summed E-state index contributed by atoms with van der Waals surface area (Å²) in [4.78, 5) is 0. The van der Waals surface area contributed by atoms with Gasteiger partial charge in [-0.05, 0) is 71.1 Å². The third-order valence-electron chi connectivity index (χ3n) is 14.0. The zero-order valence-electron chi connectivity index (χ0n) is 35.2. The van der Waals surface area contributed by atoms with Crippen molar-refractivity contribution < 1.29 is 13.6 Å². The summed E-state index contributed by atoms with van der Waals surface area (Å²) in [5.41, 5.74) is 13.0. The van der Waals surface area contributed by atoms with E-state index in [1.54, 1.807) is 0 Å². The quantitative estimate of drug-likeness (QED) is 0.126. The highest BCUT2D eigenvalue weighted by Crippen LogP contribution is 2.48. The zero-order valence-corrected chi connectivity index (χ0v) is 37.0. The first-order valence-corrected chi connectivity index (χ1v) is 26.3. The summed E-state index contributed by atoms with van der Waals surface area (Å²) >= 11 is 1.92. The second kappa shape index (κ2) is 13.2. The lowest BCUT2D eigenvalue weighted by Crippen LogP contribution is -2.53. The Morgan fingerprint density at radius 2 is 1.48 bits per heavy atom. The van der Waals surface area contributed by atoms with Gasteiger partial charge in [0.25, 0.3) is 0 Å². The lowest BCUT2D eigenvalue weighted by Gasteiger charge is -2.32. The predicted octanol–water partition coefficient (Wildman–Crippen LogP) is 13.7. The number of rotatable bonds is 2. The van der Waals surface area contributed by atoms with Crippen molar-refractivity contribution in [2.24, 2.45) is 0 Å². The molecule has 62 heavy (non-hydrogen) atoms. The summed E-state index contributed by atoms with van der Waals surface area (Å²) in [5.74, 6) is 1.43. The summed E-state index contributed by atoms with van der Waals surface area (Å²) < 4.78 is 17.3. The average molecular weight is 836 g/mol. The minimum Gasteiger partial charge on any atom is -0.452 e. The summed E-state index contributed by atoms with van der Waals surface area (Å²) in [6.45, 7) is 12.6. The number of nitrogens with zero attached hydrogens (tertiary/aromatic N) is 3. The Labute approximate surface area is 365 Å². The van der Waals surface area contributed by atoms with Crippen LogP contribution in [0, 0.1) is 0 Å². The molecule has 2 aliphatic heterocycles. The third-order valence-corrected chi connectivity index (χ3v) is 17.2. The Morgan fingerprint density at radius 3 is 2.35 bits per heavy atom. The first-order chi connectivity index (χ1) is 30.3. The highest BCUT2D eigenvalue weighted by Gasteiger charge is 2.44. The van der Waals surface area contributed by atoms with Crippen LogP contribution in [0.25, 0.3) is 97.9 Å². The van der Waals surface area contributed by atoms with E-state index in [9.17, 15) is 0 Å². The van der Waals surface area contributed by atoms with E-state index < -0.39 is 8.07 Å². The Morgan fingerprint density at radius 1 is 0.726 bits per heavy atom. The maximum atomic E-state index is 6.92. The van der Waals surface area contributed by atoms with Crippen LogP contribution >= 0.6 is 11.3 Å². The number of para-hydroxylation sites is 2. The first-order valence-electron chi connectivity index (χ1n) is 22.0. The highest BCUT2D eigenvalue weighted by molar-refractivity contribution is 7.26. The first kappa shape index (κ1) is 36.1. The van der Waals surface area contributed by atoms with E-state index in [4.69, 9.17) is 11.0 Å². The molecule has 2 unspecified atom stereocenters. The zero-order chi connectivity index (χ0) is 41.4. The number of fused-ring (bicyclic) bond motifs is 19. The topological polar surface area (TPSA) is 25.8 Å². The molecule has 0 N–H and O–H groups in total. The molecule has 6 heteroatoms. The molecular weight excluding hydrogens is 791 g/mol. The Hall–Kier alpha value is -6.60. The van der Waals surface area contributed by atoms with Crippen molar-refractivity contribution in [3.63, 3.8) is 0 Å². The lowest BCUT2D eigenvalue weighted by molar-refractivity contribution is -0.719. The fourth-order valence-electron chi connectivity index (χ4n) is 11.0. The summed E-state index contributed by atoms with van der Waals surface area (Å²) in [5, 5.41) is 8.75. The standard InChI is InChI=1S/C56H45N3OSSi/c1-34-30-48-41(39-16-7-8-17-40(39)46-29-26-38(33-57(46)48)62(2,3)4)27-24-35-25-28-45-43-19-10-12-23-52(43)61-55(45)53(35)56-58(34)49-31-36-14-5-6-15-37(36)32-50(49)59(56)47-21-13-20-44-42-18-9-11-22-51(42)60-54(44)47/h5-23,25-26,28-29,31-33,41,48H,1,24,27,30H2,2-4H3/q+2. The van der Waals surface area contributed by atoms with Crippen LogP contribution in [0.4, 0.5) is 0 Å². The van der Waals surface area contributed by atoms with Gasteiger partial charge in [-0.1, -0.05) is 135 Å². The molecule has 4 aromatic heterocycles. The van der Waals surface area contributed by atoms with Crippen LogP contribution in [-0.2, 0) is 6.42 Å². The van der Waals surface area contributed by atoms with Crippen molar-refractivity contribution in [3.8, 4) is 28.3 Å². The van der Waals surface area contributed by atoms with Crippen molar-refractivity contribution in [2.75, 3.05) is 0 Å². The minimum atomic E-state index is -1.63. The number of imidazole rings is 1. The Balaban J connectivity index is 1.18. The van der Waals surface area contributed by atoms with Crippen molar-refractivity contribution >= 4 is 94.2 Å². The van der Waals surface area contributed by atoms with E-state index in [2.05, 4.69) is 191 Å². The molecule has 2 aliphatic rings. The molecule has 0 saturated carbocycles. The molecule has 2 atom stereocenters. The Kier molecular flexibility index (Phi) is 7.68. The molecule has 7 aromatic carbocycles. The number of hydrogen-bond donors (Lipinski definition) is 0. The number of aryl methyl sites for hydroxylation is 1. The minimum absolute atomic E-state index is 0.177. The van der Waals surface area contributed by atoms with Gasteiger partial charge in [0.1, 0.15) is 11.3 Å². The number of hydrogen-bond acceptors (Lipinski definition) is 2. The molecule has 0 bridgehead atoms. The van der Waals surface area contributed by atoms with Gasteiger partial charge in [0.2, 0.25) is 5.69 Å². The predicted molar refractivity (Wildman–Crippen MR) is 262 cm³/mol. The van der Waals surface area contributed by atoms with Crippen LogP contribution < -0.4 is 14.3 Å². The SMILES string of the molecule is C=C1CC2C(CCc3ccc4c(sc5ccccc54)c3-c3n(-c4cccc5c4oc4ccccc45)c4cc5ccccc5cc4[n+]31)c1ccccc1-c1ccc([Si](C)(C)C)c[n+]12. The number of aromatic nitrogens is 3. The molecule has 0 radical (unpaired) electrons. The van der Waals surface area contributed by atoms with Crippen LogP contribution in [0.1, 0.15) is 35.9 Å². The maximum absolute atomic E-state index is 6.92. The molecule has 6 heterocycles. The van der Waals surface area contributed by atoms with Gasteiger partial charge in [-0.3, -0.25) is 0 Å². The van der Waals surface area contributed by atoms with Crippen molar-refractivity contribution in [2.45, 2.75) is 50.9 Å². The highest BCUT2D eigenvalue weighted by atomic mass is 32.1. The number of allylic oxidation sites excluding steroid dienone is 1.